The van der Waals surface area contributed by atoms with E-state index in [9.17, 15) is 9.36 Å². The highest BCUT2D eigenvalue weighted by molar-refractivity contribution is 7.48. The molecule has 1 amide bonds. The predicted molar refractivity (Wildman–Crippen MR) is 117 cm³/mol. The van der Waals surface area contributed by atoms with E-state index in [0.717, 1.165) is 16.7 Å². The maximum Gasteiger partial charge on any atom is 0.492 e. The predicted octanol–water partition coefficient (Wildman–Crippen LogP) is 4.15. The Labute approximate surface area is 181 Å². The molecule has 0 aliphatic heterocycles. The summed E-state index contributed by atoms with van der Waals surface area (Å²) in [6, 6.07) is 26.8. The van der Waals surface area contributed by atoms with Crippen LogP contribution < -0.4 is 11.2 Å². The number of nitrogens with one attached hydrogen (secondary N) is 1. The smallest absolute Gasteiger partial charge is 0.368 e. The van der Waals surface area contributed by atoms with Crippen LogP contribution in [0.25, 0.3) is 0 Å². The van der Waals surface area contributed by atoms with E-state index < -0.39 is 19.8 Å². The van der Waals surface area contributed by atoms with Gasteiger partial charge in [-0.25, -0.2) is 4.57 Å². The lowest BCUT2D eigenvalue weighted by molar-refractivity contribution is -0.122. The van der Waals surface area contributed by atoms with E-state index in [4.69, 9.17) is 19.4 Å². The number of carbonyl (C=O) groups excluding carboxylic acids is 1. The lowest BCUT2D eigenvalue weighted by Gasteiger charge is -2.21. The van der Waals surface area contributed by atoms with Crippen LogP contribution in [0, 0.1) is 0 Å². The molecule has 0 saturated carbocycles. The molecule has 0 aliphatic rings. The third kappa shape index (κ3) is 7.75. The second-order valence-corrected chi connectivity index (χ2v) is 8.41. The molecule has 8 heteroatoms. The van der Waals surface area contributed by atoms with Gasteiger partial charge in [-0.05, 0) is 23.1 Å². The van der Waals surface area contributed by atoms with Crippen LogP contribution in [-0.4, -0.2) is 11.9 Å². The molecule has 0 fully saturated rings. The normalized spacial score (nSPS) is 12.4. The number of hydroxylamine groups is 1. The fourth-order valence-electron chi connectivity index (χ4n) is 2.72. The maximum atomic E-state index is 13.3. The van der Waals surface area contributed by atoms with Gasteiger partial charge in [-0.2, -0.15) is 10.1 Å². The number of amides is 1. The topological polar surface area (TPSA) is 99.9 Å². The fourth-order valence-corrected chi connectivity index (χ4v) is 3.77. The summed E-state index contributed by atoms with van der Waals surface area (Å²) >= 11 is 0. The van der Waals surface area contributed by atoms with Crippen LogP contribution in [0.3, 0.4) is 0 Å². The number of carbonyl (C=O) groups is 1. The largest absolute Gasteiger partial charge is 0.492 e. The SMILES string of the molecule is NC(=O)[C@H](Cc1ccccc1)NOP(=O)(OCc1ccccc1)OCc1ccccc1. The van der Waals surface area contributed by atoms with E-state index in [1.807, 2.05) is 91.0 Å². The average Bonchev–Trinajstić information content (AvgIpc) is 2.81. The van der Waals surface area contributed by atoms with Gasteiger partial charge in [0.1, 0.15) is 6.04 Å². The molecule has 0 unspecified atom stereocenters. The van der Waals surface area contributed by atoms with Crippen molar-refractivity contribution in [1.82, 2.24) is 5.48 Å². The van der Waals surface area contributed by atoms with E-state index in [0.29, 0.717) is 0 Å². The van der Waals surface area contributed by atoms with E-state index in [1.54, 1.807) is 0 Å². The highest BCUT2D eigenvalue weighted by atomic mass is 31.2. The zero-order chi connectivity index (χ0) is 21.9. The van der Waals surface area contributed by atoms with Gasteiger partial charge in [0.05, 0.1) is 13.2 Å². The van der Waals surface area contributed by atoms with E-state index >= 15 is 0 Å². The summed E-state index contributed by atoms with van der Waals surface area (Å²) in [6.07, 6.45) is 0.257. The number of phosphoric ester groups is 1. The Balaban J connectivity index is 1.67. The zero-order valence-electron chi connectivity index (χ0n) is 16.9. The molecule has 0 heterocycles. The third-order valence-electron chi connectivity index (χ3n) is 4.40. The van der Waals surface area contributed by atoms with Crippen LogP contribution in [-0.2, 0) is 42.7 Å². The van der Waals surface area contributed by atoms with Crippen LogP contribution in [0.1, 0.15) is 16.7 Å². The molecule has 31 heavy (non-hydrogen) atoms. The Hall–Kier alpha value is -2.80. The lowest BCUT2D eigenvalue weighted by Crippen LogP contribution is -2.42. The first-order chi connectivity index (χ1) is 15.0. The minimum Gasteiger partial charge on any atom is -0.368 e. The maximum absolute atomic E-state index is 13.3. The van der Waals surface area contributed by atoms with Crippen molar-refractivity contribution in [1.29, 1.82) is 0 Å². The Bertz CT molecular complexity index is 939. The third-order valence-corrected chi connectivity index (χ3v) is 5.62. The molecule has 3 rings (SSSR count). The summed E-state index contributed by atoms with van der Waals surface area (Å²) in [5.41, 5.74) is 10.4. The van der Waals surface area contributed by atoms with E-state index in [1.165, 1.54) is 0 Å². The van der Waals surface area contributed by atoms with Crippen LogP contribution in [0.5, 0.6) is 0 Å². The minimum atomic E-state index is -4.07. The highest BCUT2D eigenvalue weighted by Gasteiger charge is 2.30. The van der Waals surface area contributed by atoms with Crippen molar-refractivity contribution in [3.8, 4) is 0 Å². The molecule has 1 atom stereocenters. The van der Waals surface area contributed by atoms with Crippen molar-refractivity contribution < 1.29 is 23.0 Å². The Morgan fingerprint density at radius 3 is 1.61 bits per heavy atom. The first kappa shape index (κ1) is 22.9. The molecule has 3 N–H and O–H groups in total. The average molecular weight is 440 g/mol. The van der Waals surface area contributed by atoms with Gasteiger partial charge < -0.3 is 5.73 Å². The van der Waals surface area contributed by atoms with Crippen LogP contribution >= 0.6 is 7.82 Å². The number of nitrogens with two attached hydrogens (primary N) is 1. The second-order valence-electron chi connectivity index (χ2n) is 6.82. The van der Waals surface area contributed by atoms with E-state index in [2.05, 4.69) is 5.48 Å². The summed E-state index contributed by atoms with van der Waals surface area (Å²) in [4.78, 5) is 11.9. The van der Waals surface area contributed by atoms with Gasteiger partial charge >= 0.3 is 7.82 Å². The summed E-state index contributed by atoms with van der Waals surface area (Å²) in [7, 11) is -4.07. The zero-order valence-corrected chi connectivity index (χ0v) is 17.8. The van der Waals surface area contributed by atoms with Gasteiger partial charge in [0.2, 0.25) is 5.91 Å². The molecule has 3 aromatic carbocycles. The van der Waals surface area contributed by atoms with Gasteiger partial charge in [-0.3, -0.25) is 13.8 Å². The molecule has 0 aliphatic carbocycles. The first-order valence-electron chi connectivity index (χ1n) is 9.78. The van der Waals surface area contributed by atoms with Crippen molar-refractivity contribution in [3.05, 3.63) is 108 Å². The lowest BCUT2D eigenvalue weighted by atomic mass is 10.1. The molecule has 7 nitrogen and oxygen atoms in total. The van der Waals surface area contributed by atoms with Crippen molar-refractivity contribution in [2.75, 3.05) is 0 Å². The summed E-state index contributed by atoms with van der Waals surface area (Å²) in [5.74, 6) is -0.651. The number of hydrogen-bond donors (Lipinski definition) is 2. The number of primary amides is 1. The number of benzene rings is 3. The van der Waals surface area contributed by atoms with Crippen LogP contribution in [0.2, 0.25) is 0 Å². The molecule has 0 aromatic heterocycles. The van der Waals surface area contributed by atoms with Crippen molar-refractivity contribution in [2.24, 2.45) is 5.73 Å². The Morgan fingerprint density at radius 1 is 0.774 bits per heavy atom. The van der Waals surface area contributed by atoms with Crippen molar-refractivity contribution >= 4 is 13.7 Å². The Kier molecular flexibility index (Phi) is 8.53. The second kappa shape index (κ2) is 11.6. The number of phosphoric acid groups is 1. The quantitative estimate of drug-likeness (QED) is 0.324. The van der Waals surface area contributed by atoms with Gasteiger partial charge in [0, 0.05) is 0 Å². The Morgan fingerprint density at radius 2 is 1.19 bits per heavy atom. The van der Waals surface area contributed by atoms with Crippen molar-refractivity contribution in [3.63, 3.8) is 0 Å². The van der Waals surface area contributed by atoms with Gasteiger partial charge in [-0.15, -0.1) is 0 Å². The summed E-state index contributed by atoms with van der Waals surface area (Å²) in [5, 5.41) is 0. The van der Waals surface area contributed by atoms with Crippen molar-refractivity contribution in [2.45, 2.75) is 25.7 Å². The molecule has 162 valence electrons. The van der Waals surface area contributed by atoms with Crippen LogP contribution in [0.15, 0.2) is 91.0 Å². The molecule has 0 bridgehead atoms. The highest BCUT2D eigenvalue weighted by Crippen LogP contribution is 2.50. The van der Waals surface area contributed by atoms with Crippen LogP contribution in [0.4, 0.5) is 0 Å². The molecule has 3 aromatic rings. The molecular formula is C23H25N2O5P. The van der Waals surface area contributed by atoms with Gasteiger partial charge in [-0.1, -0.05) is 91.0 Å². The first-order valence-corrected chi connectivity index (χ1v) is 11.2. The monoisotopic (exact) mass is 440 g/mol. The minimum absolute atomic E-state index is 0.00844. The standard InChI is InChI=1S/C23H25N2O5P/c24-23(26)22(16-19-10-4-1-5-11-19)25-30-31(27,28-17-20-12-6-2-7-13-20)29-18-21-14-8-3-9-15-21/h1-15,22,25H,16-18H2,(H2,24,26)/t22-/m0/s1. The fraction of sp³-hybridized carbons (Fsp3) is 0.174. The number of rotatable bonds is 12. The summed E-state index contributed by atoms with van der Waals surface area (Å²) in [6.45, 7) is 0.0169. The molecule has 0 spiro atoms. The number of hydrogen-bond acceptors (Lipinski definition) is 6. The molecule has 0 radical (unpaired) electrons. The van der Waals surface area contributed by atoms with Gasteiger partial charge in [0.25, 0.3) is 0 Å². The van der Waals surface area contributed by atoms with Gasteiger partial charge in [0.15, 0.2) is 0 Å². The van der Waals surface area contributed by atoms with E-state index in [-0.39, 0.29) is 19.6 Å². The molecule has 0 saturated heterocycles. The summed E-state index contributed by atoms with van der Waals surface area (Å²) < 4.78 is 29.6. The molecular weight excluding hydrogens is 415 g/mol.